The van der Waals surface area contributed by atoms with Crippen LogP contribution in [0.4, 0.5) is 0 Å². The zero-order valence-electron chi connectivity index (χ0n) is 8.61. The Labute approximate surface area is 105 Å². The Morgan fingerprint density at radius 1 is 1.62 bits per heavy atom. The van der Waals surface area contributed by atoms with E-state index < -0.39 is 0 Å². The van der Waals surface area contributed by atoms with Gasteiger partial charge < -0.3 is 12.2 Å². The Kier molecular flexibility index (Phi) is 17.1. The van der Waals surface area contributed by atoms with Gasteiger partial charge in [0.05, 0.1) is 5.69 Å². The molecule has 0 fully saturated rings. The first-order chi connectivity index (χ1) is 5.20. The summed E-state index contributed by atoms with van der Waals surface area (Å²) >= 11 is 0. The molecule has 0 saturated heterocycles. The molecule has 1 heterocycles. The van der Waals surface area contributed by atoms with E-state index in [0.29, 0.717) is 6.42 Å². The molecule has 1 radical (unpaired) electrons. The molecule has 0 aromatic carbocycles. The molecule has 0 amide bonds. The number of hydrogen-bond acceptors (Lipinski definition) is 3. The average molecular weight is 258 g/mol. The van der Waals surface area contributed by atoms with Crippen LogP contribution in [0.2, 0.25) is 0 Å². The molecule has 0 atom stereocenters. The van der Waals surface area contributed by atoms with Crippen molar-refractivity contribution in [1.29, 1.82) is 0 Å². The number of aryl methyl sites for hydroxylation is 2. The summed E-state index contributed by atoms with van der Waals surface area (Å²) in [6.45, 7) is 3.67. The minimum Gasteiger partial charge on any atom is -0.542 e. The number of carbonyl (C=O) groups excluding carboxylic acids is 1. The van der Waals surface area contributed by atoms with Crippen LogP contribution in [0.15, 0.2) is 6.20 Å². The number of rotatable bonds is 1. The minimum atomic E-state index is 0. The zero-order valence-corrected chi connectivity index (χ0v) is 11.4. The smallest absolute Gasteiger partial charge is 0.0796 e. The molecule has 0 aliphatic heterocycles. The number of nitrogens with zero attached hydrogens (tertiary/aromatic N) is 3. The van der Waals surface area contributed by atoms with E-state index in [4.69, 9.17) is 4.79 Å². The van der Waals surface area contributed by atoms with Crippen LogP contribution < -0.4 is 0 Å². The summed E-state index contributed by atoms with van der Waals surface area (Å²) in [4.78, 5) is 9.05. The third-order valence-corrected chi connectivity index (χ3v) is 0.862. The van der Waals surface area contributed by atoms with E-state index in [1.807, 2.05) is 20.2 Å². The zero-order chi connectivity index (χ0) is 8.69. The maximum absolute atomic E-state index is 9.05. The third kappa shape index (κ3) is 11.9. The van der Waals surface area contributed by atoms with Crippen LogP contribution >= 0.6 is 0 Å². The van der Waals surface area contributed by atoms with Gasteiger partial charge in [-0.25, -0.2) is 0 Å². The van der Waals surface area contributed by atoms with Gasteiger partial charge in [0.25, 0.3) is 0 Å². The normalized spacial score (nSPS) is 7.00. The molecule has 73 valence electrons. The molecule has 1 rings (SSSR count). The van der Waals surface area contributed by atoms with Crippen molar-refractivity contribution in [2.24, 2.45) is 7.05 Å². The van der Waals surface area contributed by atoms with Gasteiger partial charge in [-0.2, -0.15) is 6.42 Å². The topological polar surface area (TPSA) is 47.8 Å². The minimum absolute atomic E-state index is 0. The van der Waals surface area contributed by atoms with Crippen molar-refractivity contribution >= 4 is 6.29 Å². The molecule has 13 heavy (non-hydrogen) atoms. The molecule has 1 aromatic heterocycles. The summed E-state index contributed by atoms with van der Waals surface area (Å²) in [6, 6.07) is 0. The molecule has 0 bridgehead atoms. The van der Waals surface area contributed by atoms with Gasteiger partial charge in [-0.1, -0.05) is 12.1 Å². The van der Waals surface area contributed by atoms with Crippen LogP contribution in [-0.4, -0.2) is 21.3 Å². The van der Waals surface area contributed by atoms with Crippen LogP contribution in [0.3, 0.4) is 0 Å². The molecule has 5 heteroatoms. The quantitative estimate of drug-likeness (QED) is 0.708. The van der Waals surface area contributed by atoms with Gasteiger partial charge in [0, 0.05) is 46.0 Å². The van der Waals surface area contributed by atoms with Crippen LogP contribution in [-0.2, 0) is 44.6 Å². The standard InChI is InChI=1S/C4H7N3.C3H5O.CH3.Y/c1-4-3-7(2)6-5-4;1-2-3-4;;/h3H,1-2H3;2H2,1H3;1H3;/q;2*-1;. The molecule has 0 aliphatic rings. The van der Waals surface area contributed by atoms with Gasteiger partial charge in [0.15, 0.2) is 0 Å². The fourth-order valence-corrected chi connectivity index (χ4v) is 0.463. The van der Waals surface area contributed by atoms with Crippen molar-refractivity contribution in [3.05, 3.63) is 19.3 Å². The van der Waals surface area contributed by atoms with Gasteiger partial charge >= 0.3 is 0 Å². The van der Waals surface area contributed by atoms with Crippen LogP contribution in [0.5, 0.6) is 0 Å². The molecule has 1 aromatic rings. The monoisotopic (exact) mass is 258 g/mol. The number of aromatic nitrogens is 3. The Balaban J connectivity index is -0.000000150. The van der Waals surface area contributed by atoms with Gasteiger partial charge in [0.1, 0.15) is 0 Å². The third-order valence-electron chi connectivity index (χ3n) is 0.862. The molecule has 4 nitrogen and oxygen atoms in total. The largest absolute Gasteiger partial charge is 0.542 e. The van der Waals surface area contributed by atoms with E-state index >= 15 is 0 Å². The molecular weight excluding hydrogens is 243 g/mol. The van der Waals surface area contributed by atoms with E-state index in [-0.39, 0.29) is 40.1 Å². The van der Waals surface area contributed by atoms with Crippen molar-refractivity contribution in [2.45, 2.75) is 20.3 Å². The second-order valence-electron chi connectivity index (χ2n) is 2.03. The van der Waals surface area contributed by atoms with Crippen molar-refractivity contribution in [3.8, 4) is 0 Å². The van der Waals surface area contributed by atoms with E-state index in [1.165, 1.54) is 0 Å². The van der Waals surface area contributed by atoms with Crippen LogP contribution in [0.25, 0.3) is 0 Å². The van der Waals surface area contributed by atoms with E-state index in [2.05, 4.69) is 10.3 Å². The van der Waals surface area contributed by atoms with Gasteiger partial charge in [0.2, 0.25) is 0 Å². The predicted octanol–water partition coefficient (Wildman–Crippen LogP) is 1.08. The van der Waals surface area contributed by atoms with Crippen molar-refractivity contribution in [2.75, 3.05) is 0 Å². The van der Waals surface area contributed by atoms with E-state index in [0.717, 1.165) is 5.69 Å². The molecule has 0 N–H and O–H groups in total. The molecule has 0 saturated carbocycles. The first-order valence-corrected chi connectivity index (χ1v) is 3.38. The average Bonchev–Trinajstić information content (AvgIpc) is 2.35. The fourth-order valence-electron chi connectivity index (χ4n) is 0.463. The summed E-state index contributed by atoms with van der Waals surface area (Å²) < 4.78 is 1.68. The second kappa shape index (κ2) is 11.9. The first kappa shape index (κ1) is 18.6. The summed E-state index contributed by atoms with van der Waals surface area (Å²) in [7, 11) is 1.85. The van der Waals surface area contributed by atoms with Crippen LogP contribution in [0.1, 0.15) is 19.0 Å². The molecule has 0 unspecified atom stereocenters. The number of hydrogen-bond donors (Lipinski definition) is 0. The Hall–Kier alpha value is -0.0861. The Morgan fingerprint density at radius 2 is 2.08 bits per heavy atom. The Morgan fingerprint density at radius 3 is 2.15 bits per heavy atom. The summed E-state index contributed by atoms with van der Waals surface area (Å²) in [5.74, 6) is 0. The van der Waals surface area contributed by atoms with Gasteiger partial charge in [-0.05, 0) is 6.92 Å². The molecule has 0 spiro atoms. The first-order valence-electron chi connectivity index (χ1n) is 3.38. The fraction of sp³-hybridized carbons (Fsp3) is 0.500. The second-order valence-corrected chi connectivity index (χ2v) is 2.03. The Bertz CT molecular complexity index is 196. The maximum atomic E-state index is 9.05. The van der Waals surface area contributed by atoms with Crippen molar-refractivity contribution in [1.82, 2.24) is 15.0 Å². The van der Waals surface area contributed by atoms with Gasteiger partial charge in [-0.3, -0.25) is 11.0 Å². The maximum Gasteiger partial charge on any atom is 0.0796 e. The SMILES string of the molecule is CC[C-]=O.Cc1cn(C)nn1.[CH3-].[Y]. The predicted molar refractivity (Wildman–Crippen MR) is 48.1 cm³/mol. The molecule has 0 aliphatic carbocycles. The van der Waals surface area contributed by atoms with Crippen molar-refractivity contribution < 1.29 is 37.5 Å². The summed E-state index contributed by atoms with van der Waals surface area (Å²) in [6.07, 6.45) is 4.06. The van der Waals surface area contributed by atoms with E-state index in [1.54, 1.807) is 17.9 Å². The molecular formula is C8H15N3OY-2. The van der Waals surface area contributed by atoms with Crippen LogP contribution in [0, 0.1) is 14.4 Å². The summed E-state index contributed by atoms with van der Waals surface area (Å²) in [5, 5.41) is 7.41. The van der Waals surface area contributed by atoms with Gasteiger partial charge in [-0.15, -0.1) is 5.10 Å². The van der Waals surface area contributed by atoms with Crippen molar-refractivity contribution in [3.63, 3.8) is 0 Å². The van der Waals surface area contributed by atoms with E-state index in [9.17, 15) is 0 Å². The summed E-state index contributed by atoms with van der Waals surface area (Å²) in [5.41, 5.74) is 0.961.